The van der Waals surface area contributed by atoms with Crippen LogP contribution in [0.2, 0.25) is 0 Å². The van der Waals surface area contributed by atoms with Gasteiger partial charge in [-0.15, -0.1) is 5.10 Å². The quantitative estimate of drug-likeness (QED) is 0.288. The van der Waals surface area contributed by atoms with Crippen molar-refractivity contribution in [2.24, 2.45) is 11.8 Å². The molecular weight excluding hydrogens is 462 g/mol. The van der Waals surface area contributed by atoms with Gasteiger partial charge >= 0.3 is 0 Å². The second-order valence-electron chi connectivity index (χ2n) is 9.69. The first-order chi connectivity index (χ1) is 17.0. The summed E-state index contributed by atoms with van der Waals surface area (Å²) in [7, 11) is 0. The third kappa shape index (κ3) is 10.7. The molecule has 1 aromatic rings. The van der Waals surface area contributed by atoms with E-state index in [1.54, 1.807) is 9.58 Å². The van der Waals surface area contributed by atoms with Gasteiger partial charge in [-0.05, 0) is 44.9 Å². The maximum absolute atomic E-state index is 12.7. The van der Waals surface area contributed by atoms with Crippen LogP contribution in [0.4, 0.5) is 0 Å². The molecule has 204 valence electrons. The Morgan fingerprint density at radius 2 is 1.61 bits per heavy atom. The summed E-state index contributed by atoms with van der Waals surface area (Å²) in [6.45, 7) is 15.1. The molecular formula is C25H45N7O4. The number of rotatable bonds is 16. The minimum absolute atomic E-state index is 0.00463. The first kappa shape index (κ1) is 31.1. The average molecular weight is 508 g/mol. The lowest BCUT2D eigenvalue weighted by molar-refractivity contribution is -0.137. The normalized spacial score (nSPS) is 12.8. The average Bonchev–Trinajstić information content (AvgIpc) is 3.26. The van der Waals surface area contributed by atoms with E-state index in [1.165, 1.54) is 6.92 Å². The molecule has 2 atom stereocenters. The molecule has 36 heavy (non-hydrogen) atoms. The third-order valence-corrected chi connectivity index (χ3v) is 5.92. The standard InChI is InChI=1S/C25H45N7O4/c1-8-31(9-2)25(36)23(18(5)6)28-21(34)13-11-15-32-16-20(29-30-32)12-10-14-26-24(35)22(17(3)4)27-19(7)33/h16-18,22-23H,8-15H2,1-7H3,(H,26,35)(H,27,33)(H,28,34)/t22-,23-/m0/s1. The highest BCUT2D eigenvalue weighted by atomic mass is 16.2. The fraction of sp³-hybridized carbons (Fsp3) is 0.760. The van der Waals surface area contributed by atoms with Gasteiger partial charge in [-0.25, -0.2) is 0 Å². The number of nitrogens with one attached hydrogen (secondary N) is 3. The summed E-state index contributed by atoms with van der Waals surface area (Å²) >= 11 is 0. The van der Waals surface area contributed by atoms with Crippen molar-refractivity contribution in [1.82, 2.24) is 35.8 Å². The van der Waals surface area contributed by atoms with Crippen LogP contribution in [-0.4, -0.2) is 75.2 Å². The Kier molecular flexibility index (Phi) is 13.7. The van der Waals surface area contributed by atoms with Crippen molar-refractivity contribution in [1.29, 1.82) is 0 Å². The van der Waals surface area contributed by atoms with Gasteiger partial charge in [-0.2, -0.15) is 0 Å². The summed E-state index contributed by atoms with van der Waals surface area (Å²) in [6.07, 6.45) is 4.05. The number of likely N-dealkylation sites (N-methyl/N-ethyl adjacent to an activating group) is 1. The number of carbonyl (C=O) groups is 4. The molecule has 0 spiro atoms. The number of amides is 4. The Morgan fingerprint density at radius 1 is 0.972 bits per heavy atom. The number of aryl methyl sites for hydroxylation is 2. The number of carbonyl (C=O) groups excluding carboxylic acids is 4. The summed E-state index contributed by atoms with van der Waals surface area (Å²) in [5.41, 5.74) is 0.806. The monoisotopic (exact) mass is 507 g/mol. The second kappa shape index (κ2) is 15.9. The predicted octanol–water partition coefficient (Wildman–Crippen LogP) is 1.28. The maximum Gasteiger partial charge on any atom is 0.245 e. The molecule has 0 saturated heterocycles. The zero-order valence-electron chi connectivity index (χ0n) is 23.0. The molecule has 0 aliphatic carbocycles. The van der Waals surface area contributed by atoms with E-state index in [4.69, 9.17) is 0 Å². The van der Waals surface area contributed by atoms with Crippen molar-refractivity contribution in [3.63, 3.8) is 0 Å². The molecule has 3 N–H and O–H groups in total. The summed E-state index contributed by atoms with van der Waals surface area (Å²) < 4.78 is 1.70. The lowest BCUT2D eigenvalue weighted by atomic mass is 10.0. The minimum Gasteiger partial charge on any atom is -0.354 e. The van der Waals surface area contributed by atoms with E-state index in [0.29, 0.717) is 51.9 Å². The number of hydrogen-bond donors (Lipinski definition) is 3. The highest BCUT2D eigenvalue weighted by Crippen LogP contribution is 2.08. The van der Waals surface area contributed by atoms with Crippen molar-refractivity contribution in [3.8, 4) is 0 Å². The SMILES string of the molecule is CCN(CC)C(=O)[C@@H](NC(=O)CCCn1cc(CCCNC(=O)[C@@H](NC(C)=O)C(C)C)nn1)C(C)C. The van der Waals surface area contributed by atoms with Crippen LogP contribution >= 0.6 is 0 Å². The Balaban J connectivity index is 2.41. The molecule has 0 aromatic carbocycles. The van der Waals surface area contributed by atoms with Gasteiger partial charge in [0.1, 0.15) is 12.1 Å². The van der Waals surface area contributed by atoms with E-state index in [9.17, 15) is 19.2 Å². The highest BCUT2D eigenvalue weighted by molar-refractivity contribution is 5.88. The van der Waals surface area contributed by atoms with Crippen molar-refractivity contribution in [2.75, 3.05) is 19.6 Å². The van der Waals surface area contributed by atoms with Crippen molar-refractivity contribution < 1.29 is 19.2 Å². The summed E-state index contributed by atoms with van der Waals surface area (Å²) in [6, 6.07) is -1.07. The number of nitrogens with zero attached hydrogens (tertiary/aromatic N) is 4. The molecule has 0 aliphatic rings. The van der Waals surface area contributed by atoms with E-state index in [2.05, 4.69) is 26.3 Å². The number of hydrogen-bond acceptors (Lipinski definition) is 6. The van der Waals surface area contributed by atoms with Crippen LogP contribution in [0, 0.1) is 11.8 Å². The summed E-state index contributed by atoms with van der Waals surface area (Å²) in [5.74, 6) is -0.618. The lowest BCUT2D eigenvalue weighted by Gasteiger charge is -2.28. The molecule has 1 heterocycles. The molecule has 11 nitrogen and oxygen atoms in total. The van der Waals surface area contributed by atoms with Crippen LogP contribution in [0.5, 0.6) is 0 Å². The van der Waals surface area contributed by atoms with E-state index < -0.39 is 12.1 Å². The Morgan fingerprint density at radius 3 is 2.17 bits per heavy atom. The largest absolute Gasteiger partial charge is 0.354 e. The maximum atomic E-state index is 12.7. The Bertz CT molecular complexity index is 849. The van der Waals surface area contributed by atoms with E-state index in [-0.39, 0.29) is 35.5 Å². The molecule has 0 fully saturated rings. The topological polar surface area (TPSA) is 138 Å². The molecule has 0 bridgehead atoms. The van der Waals surface area contributed by atoms with Gasteiger partial charge in [-0.1, -0.05) is 32.9 Å². The zero-order chi connectivity index (χ0) is 27.3. The fourth-order valence-electron chi connectivity index (χ4n) is 3.80. The second-order valence-corrected chi connectivity index (χ2v) is 9.69. The fourth-order valence-corrected chi connectivity index (χ4v) is 3.80. The molecule has 11 heteroatoms. The predicted molar refractivity (Wildman–Crippen MR) is 138 cm³/mol. The Hall–Kier alpha value is -2.98. The number of aromatic nitrogens is 3. The van der Waals surface area contributed by atoms with Gasteiger partial charge in [-0.3, -0.25) is 23.9 Å². The lowest BCUT2D eigenvalue weighted by Crippen LogP contribution is -2.51. The Labute approximate surface area is 215 Å². The van der Waals surface area contributed by atoms with Crippen molar-refractivity contribution >= 4 is 23.6 Å². The van der Waals surface area contributed by atoms with Crippen LogP contribution in [0.15, 0.2) is 6.20 Å². The van der Waals surface area contributed by atoms with Crippen LogP contribution in [-0.2, 0) is 32.1 Å². The van der Waals surface area contributed by atoms with Crippen molar-refractivity contribution in [3.05, 3.63) is 11.9 Å². The highest BCUT2D eigenvalue weighted by Gasteiger charge is 2.27. The molecule has 4 amide bonds. The molecule has 0 unspecified atom stereocenters. The van der Waals surface area contributed by atoms with E-state index in [0.717, 1.165) is 5.69 Å². The summed E-state index contributed by atoms with van der Waals surface area (Å²) in [4.78, 5) is 50.5. The molecule has 0 radical (unpaired) electrons. The van der Waals surface area contributed by atoms with Gasteiger partial charge in [0.05, 0.1) is 5.69 Å². The van der Waals surface area contributed by atoms with Gasteiger partial charge in [0, 0.05) is 45.7 Å². The van der Waals surface area contributed by atoms with E-state index in [1.807, 2.05) is 47.7 Å². The molecule has 0 aliphatic heterocycles. The van der Waals surface area contributed by atoms with Crippen LogP contribution in [0.3, 0.4) is 0 Å². The first-order valence-corrected chi connectivity index (χ1v) is 13.0. The van der Waals surface area contributed by atoms with E-state index >= 15 is 0 Å². The smallest absolute Gasteiger partial charge is 0.245 e. The van der Waals surface area contributed by atoms with Crippen LogP contribution in [0.1, 0.15) is 73.4 Å². The van der Waals surface area contributed by atoms with Crippen molar-refractivity contribution in [2.45, 2.75) is 92.8 Å². The van der Waals surface area contributed by atoms with Crippen LogP contribution < -0.4 is 16.0 Å². The van der Waals surface area contributed by atoms with Gasteiger partial charge < -0.3 is 20.9 Å². The van der Waals surface area contributed by atoms with Gasteiger partial charge in [0.15, 0.2) is 0 Å². The minimum atomic E-state index is -0.549. The third-order valence-electron chi connectivity index (χ3n) is 5.92. The molecule has 1 rings (SSSR count). The zero-order valence-corrected chi connectivity index (χ0v) is 23.0. The summed E-state index contributed by atoms with van der Waals surface area (Å²) in [5, 5.41) is 16.7. The van der Waals surface area contributed by atoms with Gasteiger partial charge in [0.25, 0.3) is 0 Å². The first-order valence-electron chi connectivity index (χ1n) is 13.0. The molecule has 0 saturated carbocycles. The van der Waals surface area contributed by atoms with Gasteiger partial charge in [0.2, 0.25) is 23.6 Å². The van der Waals surface area contributed by atoms with Crippen LogP contribution in [0.25, 0.3) is 0 Å². The molecule has 1 aromatic heterocycles.